The summed E-state index contributed by atoms with van der Waals surface area (Å²) >= 11 is 0. The van der Waals surface area contributed by atoms with Crippen LogP contribution in [0.4, 0.5) is 11.4 Å². The van der Waals surface area contributed by atoms with Crippen molar-refractivity contribution in [2.45, 2.75) is 44.4 Å². The minimum atomic E-state index is -0.359. The fourth-order valence-corrected chi connectivity index (χ4v) is 2.87. The average Bonchev–Trinajstić information content (AvgIpc) is 2.93. The molecule has 18 heavy (non-hydrogen) atoms. The van der Waals surface area contributed by atoms with Crippen LogP contribution in [0.1, 0.15) is 24.8 Å². The third-order valence-corrected chi connectivity index (χ3v) is 3.88. The summed E-state index contributed by atoms with van der Waals surface area (Å²) in [5.41, 5.74) is 2.01. The number of fused-ring (bicyclic) bond motifs is 2. The molecule has 0 aliphatic carbocycles. The zero-order valence-corrected chi connectivity index (χ0v) is 10.3. The van der Waals surface area contributed by atoms with Crippen molar-refractivity contribution in [2.24, 2.45) is 0 Å². The zero-order chi connectivity index (χ0) is 12.7. The SMILES string of the molecule is Cc1ccc([N+](=O)[O-])cc1NC1CC2CCC1O2. The van der Waals surface area contributed by atoms with Crippen molar-refractivity contribution in [3.8, 4) is 0 Å². The molecule has 2 aliphatic heterocycles. The van der Waals surface area contributed by atoms with Gasteiger partial charge in [0.1, 0.15) is 0 Å². The van der Waals surface area contributed by atoms with E-state index in [0.717, 1.165) is 30.5 Å². The highest BCUT2D eigenvalue weighted by Gasteiger charge is 2.40. The van der Waals surface area contributed by atoms with Gasteiger partial charge in [0, 0.05) is 17.8 Å². The van der Waals surface area contributed by atoms with Gasteiger partial charge in [0.2, 0.25) is 0 Å². The number of nitrogens with zero attached hydrogens (tertiary/aromatic N) is 1. The minimum absolute atomic E-state index is 0.132. The van der Waals surface area contributed by atoms with Gasteiger partial charge < -0.3 is 10.1 Å². The maximum Gasteiger partial charge on any atom is 0.271 e. The first-order chi connectivity index (χ1) is 8.63. The Hall–Kier alpha value is -1.62. The van der Waals surface area contributed by atoms with Gasteiger partial charge in [-0.2, -0.15) is 0 Å². The number of nitrogens with one attached hydrogen (secondary N) is 1. The summed E-state index contributed by atoms with van der Waals surface area (Å²) < 4.78 is 5.78. The Kier molecular flexibility index (Phi) is 2.70. The average molecular weight is 248 g/mol. The van der Waals surface area contributed by atoms with E-state index in [1.54, 1.807) is 12.1 Å². The zero-order valence-electron chi connectivity index (χ0n) is 10.3. The van der Waals surface area contributed by atoms with Crippen LogP contribution in [-0.2, 0) is 4.74 Å². The third kappa shape index (κ3) is 1.95. The monoisotopic (exact) mass is 248 g/mol. The summed E-state index contributed by atoms with van der Waals surface area (Å²) in [6.07, 6.45) is 3.90. The Morgan fingerprint density at radius 2 is 2.28 bits per heavy atom. The fraction of sp³-hybridized carbons (Fsp3) is 0.538. The lowest BCUT2D eigenvalue weighted by atomic mass is 9.95. The number of hydrogen-bond donors (Lipinski definition) is 1. The lowest BCUT2D eigenvalue weighted by Crippen LogP contribution is -2.30. The Bertz CT molecular complexity index is 489. The van der Waals surface area contributed by atoms with Gasteiger partial charge in [-0.15, -0.1) is 0 Å². The molecule has 0 radical (unpaired) electrons. The molecule has 1 N–H and O–H groups in total. The smallest absolute Gasteiger partial charge is 0.271 e. The molecule has 0 saturated carbocycles. The molecule has 0 spiro atoms. The van der Waals surface area contributed by atoms with Crippen molar-refractivity contribution >= 4 is 11.4 Å². The molecule has 3 unspecified atom stereocenters. The molecule has 1 aromatic rings. The molecule has 0 aromatic heterocycles. The van der Waals surface area contributed by atoms with Crippen LogP contribution < -0.4 is 5.32 Å². The maximum atomic E-state index is 10.8. The van der Waals surface area contributed by atoms with Crippen molar-refractivity contribution < 1.29 is 9.66 Å². The molecular formula is C13H16N2O3. The van der Waals surface area contributed by atoms with Crippen molar-refractivity contribution in [3.05, 3.63) is 33.9 Å². The van der Waals surface area contributed by atoms with Crippen LogP contribution >= 0.6 is 0 Å². The van der Waals surface area contributed by atoms with Crippen molar-refractivity contribution in [1.82, 2.24) is 0 Å². The Labute approximate surface area is 105 Å². The largest absolute Gasteiger partial charge is 0.379 e. The van der Waals surface area contributed by atoms with E-state index in [9.17, 15) is 10.1 Å². The minimum Gasteiger partial charge on any atom is -0.379 e. The van der Waals surface area contributed by atoms with Crippen LogP contribution in [0.15, 0.2) is 18.2 Å². The second kappa shape index (κ2) is 4.24. The molecule has 2 saturated heterocycles. The number of nitro groups is 1. The van der Waals surface area contributed by atoms with Gasteiger partial charge in [0.25, 0.3) is 5.69 Å². The molecule has 2 bridgehead atoms. The predicted octanol–water partition coefficient (Wildman–Crippen LogP) is 2.64. The summed E-state index contributed by atoms with van der Waals surface area (Å²) in [6, 6.07) is 5.23. The molecule has 5 nitrogen and oxygen atoms in total. The molecule has 2 heterocycles. The normalized spacial score (nSPS) is 29.5. The number of benzene rings is 1. The van der Waals surface area contributed by atoms with E-state index >= 15 is 0 Å². The summed E-state index contributed by atoms with van der Waals surface area (Å²) in [7, 11) is 0. The quantitative estimate of drug-likeness (QED) is 0.659. The third-order valence-electron chi connectivity index (χ3n) is 3.88. The van der Waals surface area contributed by atoms with Crippen molar-refractivity contribution in [1.29, 1.82) is 0 Å². The Balaban J connectivity index is 1.79. The topological polar surface area (TPSA) is 64.4 Å². The number of ether oxygens (including phenoxy) is 1. The van der Waals surface area contributed by atoms with E-state index in [1.807, 2.05) is 6.92 Å². The molecule has 96 valence electrons. The number of aryl methyl sites for hydroxylation is 1. The number of rotatable bonds is 3. The molecule has 3 rings (SSSR count). The number of hydrogen-bond acceptors (Lipinski definition) is 4. The van der Waals surface area contributed by atoms with E-state index in [4.69, 9.17) is 4.74 Å². The van der Waals surface area contributed by atoms with E-state index in [0.29, 0.717) is 12.1 Å². The number of non-ortho nitro benzene ring substituents is 1. The lowest BCUT2D eigenvalue weighted by Gasteiger charge is -2.22. The second-order valence-electron chi connectivity index (χ2n) is 5.12. The van der Waals surface area contributed by atoms with Crippen LogP contribution in [0.2, 0.25) is 0 Å². The standard InChI is InChI=1S/C13H16N2O3/c1-8-2-3-9(15(16)17)6-11(8)14-12-7-10-4-5-13(12)18-10/h2-3,6,10,12-14H,4-5,7H2,1H3. The van der Waals surface area contributed by atoms with Gasteiger partial charge in [-0.25, -0.2) is 0 Å². The summed E-state index contributed by atoms with van der Waals surface area (Å²) in [6.45, 7) is 1.96. The van der Waals surface area contributed by atoms with Crippen LogP contribution in [0.3, 0.4) is 0 Å². The van der Waals surface area contributed by atoms with E-state index in [2.05, 4.69) is 5.32 Å². The van der Waals surface area contributed by atoms with E-state index < -0.39 is 0 Å². The van der Waals surface area contributed by atoms with Crippen LogP contribution in [0.5, 0.6) is 0 Å². The second-order valence-corrected chi connectivity index (χ2v) is 5.12. The van der Waals surface area contributed by atoms with Crippen molar-refractivity contribution in [3.63, 3.8) is 0 Å². The number of anilines is 1. The summed E-state index contributed by atoms with van der Waals surface area (Å²) in [5.74, 6) is 0. The molecule has 1 aromatic carbocycles. The molecule has 0 amide bonds. The molecule has 3 atom stereocenters. The fourth-order valence-electron chi connectivity index (χ4n) is 2.87. The van der Waals surface area contributed by atoms with Crippen LogP contribution in [0, 0.1) is 17.0 Å². The van der Waals surface area contributed by atoms with Gasteiger partial charge in [-0.3, -0.25) is 10.1 Å². The van der Waals surface area contributed by atoms with E-state index in [-0.39, 0.29) is 16.7 Å². The molecule has 2 fully saturated rings. The lowest BCUT2D eigenvalue weighted by molar-refractivity contribution is -0.384. The van der Waals surface area contributed by atoms with Crippen LogP contribution in [-0.4, -0.2) is 23.2 Å². The van der Waals surface area contributed by atoms with Crippen molar-refractivity contribution in [2.75, 3.05) is 5.32 Å². The van der Waals surface area contributed by atoms with Gasteiger partial charge in [0.05, 0.1) is 23.2 Å². The molecule has 2 aliphatic rings. The van der Waals surface area contributed by atoms with Crippen LogP contribution in [0.25, 0.3) is 0 Å². The maximum absolute atomic E-state index is 10.8. The van der Waals surface area contributed by atoms with Gasteiger partial charge in [-0.1, -0.05) is 6.07 Å². The summed E-state index contributed by atoms with van der Waals surface area (Å²) in [4.78, 5) is 10.4. The Morgan fingerprint density at radius 1 is 1.44 bits per heavy atom. The molecular weight excluding hydrogens is 232 g/mol. The highest BCUT2D eigenvalue weighted by atomic mass is 16.6. The van der Waals surface area contributed by atoms with E-state index in [1.165, 1.54) is 6.07 Å². The van der Waals surface area contributed by atoms with Gasteiger partial charge >= 0.3 is 0 Å². The summed E-state index contributed by atoms with van der Waals surface area (Å²) in [5, 5.41) is 14.2. The predicted molar refractivity (Wildman–Crippen MR) is 67.8 cm³/mol. The first-order valence-electron chi connectivity index (χ1n) is 6.30. The number of nitro benzene ring substituents is 1. The first kappa shape index (κ1) is 11.5. The highest BCUT2D eigenvalue weighted by Crippen LogP contribution is 2.36. The highest BCUT2D eigenvalue weighted by molar-refractivity contribution is 5.57. The Morgan fingerprint density at radius 3 is 2.89 bits per heavy atom. The molecule has 5 heteroatoms. The van der Waals surface area contributed by atoms with Gasteiger partial charge in [-0.05, 0) is 31.7 Å². The van der Waals surface area contributed by atoms with Gasteiger partial charge in [0.15, 0.2) is 0 Å². The first-order valence-corrected chi connectivity index (χ1v) is 6.30.